The summed E-state index contributed by atoms with van der Waals surface area (Å²) in [5.74, 6) is 0. The SMILES string of the molecule is C=[N+]1CCC2=CC(=C3C=C[CH-]N=C3)C=C[C-]21. The highest BCUT2D eigenvalue weighted by Gasteiger charge is 2.25. The average molecular weight is 209 g/mol. The first-order valence-corrected chi connectivity index (χ1v) is 5.46. The summed E-state index contributed by atoms with van der Waals surface area (Å²) >= 11 is 0. The van der Waals surface area contributed by atoms with Crippen LogP contribution in [-0.2, 0) is 0 Å². The summed E-state index contributed by atoms with van der Waals surface area (Å²) in [5.41, 5.74) is 3.80. The number of allylic oxidation sites excluding steroid dienone is 5. The van der Waals surface area contributed by atoms with Crippen molar-refractivity contribution in [3.63, 3.8) is 0 Å². The summed E-state index contributed by atoms with van der Waals surface area (Å²) in [6, 6.07) is 1.26. The number of dihydropyridines is 1. The Balaban J connectivity index is 1.99. The van der Waals surface area contributed by atoms with Crippen LogP contribution in [0.4, 0.5) is 0 Å². The highest BCUT2D eigenvalue weighted by atomic mass is 15.0. The van der Waals surface area contributed by atoms with Crippen molar-refractivity contribution in [1.29, 1.82) is 0 Å². The minimum atomic E-state index is 1.02. The Kier molecular flexibility index (Phi) is 2.07. The molecule has 3 aliphatic rings. The molecule has 0 saturated carbocycles. The molecule has 0 bridgehead atoms. The summed E-state index contributed by atoms with van der Waals surface area (Å²) in [7, 11) is 0. The predicted molar refractivity (Wildman–Crippen MR) is 66.3 cm³/mol. The van der Waals surface area contributed by atoms with Crippen molar-refractivity contribution in [3.05, 3.63) is 59.7 Å². The zero-order chi connectivity index (χ0) is 11.0. The summed E-state index contributed by atoms with van der Waals surface area (Å²) in [6.45, 7) is 6.82. The van der Waals surface area contributed by atoms with Crippen molar-refractivity contribution in [3.8, 4) is 0 Å². The van der Waals surface area contributed by atoms with Gasteiger partial charge < -0.3 is 4.99 Å². The standard InChI is InChI=1S/C14H13N2/c1-16-8-6-12-9-11(4-5-14(12)16)13-3-2-7-15-10-13/h2-5,7,9-10H,1,6,8H2/q-1. The molecule has 0 aromatic heterocycles. The lowest BCUT2D eigenvalue weighted by Crippen LogP contribution is -2.09. The molecule has 2 heterocycles. The van der Waals surface area contributed by atoms with Crippen LogP contribution in [-0.4, -0.2) is 24.1 Å². The van der Waals surface area contributed by atoms with E-state index in [9.17, 15) is 0 Å². The second-order valence-corrected chi connectivity index (χ2v) is 4.10. The Morgan fingerprint density at radius 1 is 1.38 bits per heavy atom. The second-order valence-electron chi connectivity index (χ2n) is 4.10. The molecular weight excluding hydrogens is 196 g/mol. The zero-order valence-corrected chi connectivity index (χ0v) is 9.06. The minimum absolute atomic E-state index is 1.02. The van der Waals surface area contributed by atoms with Crippen molar-refractivity contribution in [2.45, 2.75) is 6.42 Å². The van der Waals surface area contributed by atoms with E-state index in [0.29, 0.717) is 0 Å². The monoisotopic (exact) mass is 209 g/mol. The molecule has 0 N–H and O–H groups in total. The third-order valence-corrected chi connectivity index (χ3v) is 3.07. The van der Waals surface area contributed by atoms with Gasteiger partial charge >= 0.3 is 0 Å². The molecule has 80 valence electrons. The Morgan fingerprint density at radius 3 is 3.12 bits per heavy atom. The smallest absolute Gasteiger partial charge is 0.133 e. The van der Waals surface area contributed by atoms with E-state index in [-0.39, 0.29) is 0 Å². The van der Waals surface area contributed by atoms with Crippen LogP contribution in [0.2, 0.25) is 0 Å². The van der Waals surface area contributed by atoms with Crippen molar-refractivity contribution < 1.29 is 4.58 Å². The van der Waals surface area contributed by atoms with E-state index in [2.05, 4.69) is 40.6 Å². The van der Waals surface area contributed by atoms with E-state index in [1.165, 1.54) is 22.8 Å². The van der Waals surface area contributed by atoms with Crippen molar-refractivity contribution >= 4 is 12.9 Å². The Bertz CT molecular complexity index is 473. The zero-order valence-electron chi connectivity index (χ0n) is 9.06. The highest BCUT2D eigenvalue weighted by Crippen LogP contribution is 2.33. The molecule has 0 aromatic carbocycles. The third-order valence-electron chi connectivity index (χ3n) is 3.07. The van der Waals surface area contributed by atoms with Crippen LogP contribution < -0.4 is 0 Å². The molecular formula is C14H13N2-. The molecule has 2 aliphatic heterocycles. The molecule has 0 aromatic rings. The molecule has 0 amide bonds. The van der Waals surface area contributed by atoms with E-state index in [0.717, 1.165) is 13.0 Å². The molecule has 2 heteroatoms. The number of rotatable bonds is 0. The Hall–Kier alpha value is -1.96. The molecule has 16 heavy (non-hydrogen) atoms. The molecule has 3 rings (SSSR count). The van der Waals surface area contributed by atoms with Gasteiger partial charge in [-0.2, -0.15) is 12.2 Å². The fourth-order valence-electron chi connectivity index (χ4n) is 2.18. The van der Waals surface area contributed by atoms with Gasteiger partial charge in [-0.15, -0.1) is 23.3 Å². The van der Waals surface area contributed by atoms with E-state index in [1.807, 2.05) is 12.3 Å². The molecule has 0 radical (unpaired) electrons. The topological polar surface area (TPSA) is 15.4 Å². The van der Waals surface area contributed by atoms with E-state index < -0.39 is 0 Å². The third kappa shape index (κ3) is 1.43. The van der Waals surface area contributed by atoms with Gasteiger partial charge in [0.2, 0.25) is 0 Å². The lowest BCUT2D eigenvalue weighted by Gasteiger charge is -2.20. The van der Waals surface area contributed by atoms with Gasteiger partial charge in [0.1, 0.15) is 12.6 Å². The van der Waals surface area contributed by atoms with E-state index in [4.69, 9.17) is 0 Å². The van der Waals surface area contributed by atoms with Gasteiger partial charge in [-0.05, 0) is 0 Å². The van der Waals surface area contributed by atoms with Gasteiger partial charge in [0.15, 0.2) is 0 Å². The van der Waals surface area contributed by atoms with Gasteiger partial charge in [-0.3, -0.25) is 4.58 Å². The van der Waals surface area contributed by atoms with Crippen LogP contribution in [0.5, 0.6) is 0 Å². The van der Waals surface area contributed by atoms with Crippen molar-refractivity contribution in [2.24, 2.45) is 4.99 Å². The van der Waals surface area contributed by atoms with Gasteiger partial charge in [0.25, 0.3) is 0 Å². The fourth-order valence-corrected chi connectivity index (χ4v) is 2.18. The molecule has 2 nitrogen and oxygen atoms in total. The van der Waals surface area contributed by atoms with E-state index >= 15 is 0 Å². The molecule has 1 saturated heterocycles. The molecule has 0 unspecified atom stereocenters. The maximum Gasteiger partial charge on any atom is 0.133 e. The van der Waals surface area contributed by atoms with Crippen molar-refractivity contribution in [1.82, 2.24) is 0 Å². The van der Waals surface area contributed by atoms with Crippen molar-refractivity contribution in [2.75, 3.05) is 6.54 Å². The normalized spacial score (nSPS) is 26.9. The van der Waals surface area contributed by atoms with Gasteiger partial charge in [0, 0.05) is 6.42 Å². The van der Waals surface area contributed by atoms with Gasteiger partial charge in [0.05, 0.1) is 6.72 Å². The number of nitrogens with zero attached hydrogens (tertiary/aromatic N) is 2. The fraction of sp³-hybridized carbons (Fsp3) is 0.143. The van der Waals surface area contributed by atoms with Crippen LogP contribution in [0.3, 0.4) is 0 Å². The Labute approximate surface area is 95.7 Å². The number of hydrogen-bond donors (Lipinski definition) is 0. The molecule has 0 atom stereocenters. The number of aliphatic imine (C=N–C) groups is 1. The molecule has 0 spiro atoms. The maximum absolute atomic E-state index is 4.15. The molecule has 1 fully saturated rings. The lowest BCUT2D eigenvalue weighted by molar-refractivity contribution is -0.475. The maximum atomic E-state index is 4.15. The Morgan fingerprint density at radius 2 is 2.31 bits per heavy atom. The quantitative estimate of drug-likeness (QED) is 0.429. The van der Waals surface area contributed by atoms with Gasteiger partial charge in [-0.1, -0.05) is 24.4 Å². The van der Waals surface area contributed by atoms with E-state index in [1.54, 1.807) is 6.54 Å². The van der Waals surface area contributed by atoms with Crippen LogP contribution in [0, 0.1) is 12.6 Å². The average Bonchev–Trinajstić information content (AvgIpc) is 2.72. The van der Waals surface area contributed by atoms with Crippen LogP contribution in [0.1, 0.15) is 6.42 Å². The van der Waals surface area contributed by atoms with Gasteiger partial charge in [-0.25, -0.2) is 0 Å². The number of fused-ring (bicyclic) bond motifs is 1. The number of hydrogen-bond acceptors (Lipinski definition) is 1. The largest absolute Gasteiger partial charge is 0.390 e. The first kappa shape index (κ1) is 9.28. The lowest BCUT2D eigenvalue weighted by atomic mass is 9.94. The predicted octanol–water partition coefficient (Wildman–Crippen LogP) is 2.23. The highest BCUT2D eigenvalue weighted by molar-refractivity contribution is 5.87. The van der Waals surface area contributed by atoms with Crippen LogP contribution in [0.15, 0.2) is 52.1 Å². The molecule has 1 aliphatic carbocycles. The second kappa shape index (κ2) is 3.56. The summed E-state index contributed by atoms with van der Waals surface area (Å²) in [6.07, 6.45) is 13.6. The summed E-state index contributed by atoms with van der Waals surface area (Å²) in [4.78, 5) is 4.15. The first-order chi connectivity index (χ1) is 7.84. The summed E-state index contributed by atoms with van der Waals surface area (Å²) < 4.78 is 2.06. The minimum Gasteiger partial charge on any atom is -0.390 e. The first-order valence-electron chi connectivity index (χ1n) is 5.46. The van der Waals surface area contributed by atoms with Crippen LogP contribution in [0.25, 0.3) is 0 Å². The van der Waals surface area contributed by atoms with Crippen LogP contribution >= 0.6 is 0 Å². The summed E-state index contributed by atoms with van der Waals surface area (Å²) in [5, 5.41) is 0.